The van der Waals surface area contributed by atoms with Crippen LogP contribution in [0.4, 0.5) is 5.82 Å². The second kappa shape index (κ2) is 7.87. The summed E-state index contributed by atoms with van der Waals surface area (Å²) < 4.78 is 0. The van der Waals surface area contributed by atoms with Crippen LogP contribution in [0.25, 0.3) is 0 Å². The minimum absolute atomic E-state index is 0.179. The van der Waals surface area contributed by atoms with E-state index in [1.54, 1.807) is 0 Å². The number of hydrogen-bond donors (Lipinski definition) is 0. The number of hydrogen-bond acceptors (Lipinski definition) is 5. The topological polar surface area (TPSA) is 60.2 Å². The standard InChI is InChI=1S/C20H26N4OS/c21-13-17-15-7-1-2-8-16(15)19(24-11-5-6-12-24)22-20(17)26-14-18(25)23-9-3-4-10-23/h1-12,14H2. The molecule has 3 aliphatic rings. The first-order valence-corrected chi connectivity index (χ1v) is 10.9. The average molecular weight is 371 g/mol. The lowest BCUT2D eigenvalue weighted by Gasteiger charge is -2.27. The zero-order valence-electron chi connectivity index (χ0n) is 15.3. The molecule has 2 saturated heterocycles. The van der Waals surface area contributed by atoms with Crippen LogP contribution in [0.5, 0.6) is 0 Å². The lowest BCUT2D eigenvalue weighted by atomic mass is 9.89. The maximum atomic E-state index is 12.4. The van der Waals surface area contributed by atoms with Crippen LogP contribution < -0.4 is 4.90 Å². The van der Waals surface area contributed by atoms with Crippen molar-refractivity contribution in [2.24, 2.45) is 0 Å². The first-order valence-electron chi connectivity index (χ1n) is 9.89. The largest absolute Gasteiger partial charge is 0.356 e. The summed E-state index contributed by atoms with van der Waals surface area (Å²) in [5, 5.41) is 10.6. The first-order chi connectivity index (χ1) is 12.8. The van der Waals surface area contributed by atoms with Crippen molar-refractivity contribution in [3.05, 3.63) is 16.7 Å². The van der Waals surface area contributed by atoms with Crippen molar-refractivity contribution in [2.75, 3.05) is 36.8 Å². The van der Waals surface area contributed by atoms with Gasteiger partial charge in [0.1, 0.15) is 16.9 Å². The second-order valence-corrected chi connectivity index (χ2v) is 8.43. The smallest absolute Gasteiger partial charge is 0.232 e. The molecule has 2 fully saturated rings. The lowest BCUT2D eigenvalue weighted by molar-refractivity contribution is -0.127. The van der Waals surface area contributed by atoms with Crippen LogP contribution in [-0.2, 0) is 17.6 Å². The number of pyridine rings is 1. The van der Waals surface area contributed by atoms with E-state index >= 15 is 0 Å². The monoisotopic (exact) mass is 370 g/mol. The van der Waals surface area contributed by atoms with Crippen LogP contribution in [0.2, 0.25) is 0 Å². The molecular weight excluding hydrogens is 344 g/mol. The highest BCUT2D eigenvalue weighted by Gasteiger charge is 2.27. The third kappa shape index (κ3) is 3.42. The van der Waals surface area contributed by atoms with Gasteiger partial charge < -0.3 is 9.80 Å². The Morgan fingerprint density at radius 1 is 1.00 bits per heavy atom. The predicted octanol–water partition coefficient (Wildman–Crippen LogP) is 3.15. The van der Waals surface area contributed by atoms with E-state index in [0.717, 1.165) is 74.7 Å². The highest BCUT2D eigenvalue weighted by Crippen LogP contribution is 2.37. The SMILES string of the molecule is N#Cc1c(SCC(=O)N2CCCC2)nc(N2CCCC2)c2c1CCCC2. The molecule has 0 bridgehead atoms. The molecule has 0 aromatic carbocycles. The normalized spacial score (nSPS) is 19.5. The molecule has 4 rings (SSSR count). The van der Waals surface area contributed by atoms with Crippen LogP contribution in [0, 0.1) is 11.3 Å². The molecule has 3 heterocycles. The lowest BCUT2D eigenvalue weighted by Crippen LogP contribution is -2.29. The van der Waals surface area contributed by atoms with Gasteiger partial charge in [-0.2, -0.15) is 5.26 Å². The number of nitrogens with zero attached hydrogens (tertiary/aromatic N) is 4. The van der Waals surface area contributed by atoms with Crippen LogP contribution in [-0.4, -0.2) is 47.7 Å². The molecule has 0 spiro atoms. The van der Waals surface area contributed by atoms with Gasteiger partial charge in [0.15, 0.2) is 0 Å². The van der Waals surface area contributed by atoms with Gasteiger partial charge in [-0.25, -0.2) is 4.98 Å². The molecular formula is C20H26N4OS. The summed E-state index contributed by atoms with van der Waals surface area (Å²) in [6, 6.07) is 2.41. The Morgan fingerprint density at radius 2 is 1.65 bits per heavy atom. The highest BCUT2D eigenvalue weighted by atomic mass is 32.2. The number of rotatable bonds is 4. The Hall–Kier alpha value is -1.74. The average Bonchev–Trinajstić information content (AvgIpc) is 3.39. The van der Waals surface area contributed by atoms with Crippen molar-refractivity contribution in [2.45, 2.75) is 56.4 Å². The van der Waals surface area contributed by atoms with Gasteiger partial charge in [0.2, 0.25) is 5.91 Å². The van der Waals surface area contributed by atoms with E-state index in [-0.39, 0.29) is 5.91 Å². The Kier molecular flexibility index (Phi) is 5.35. The molecule has 0 saturated carbocycles. The van der Waals surface area contributed by atoms with Gasteiger partial charge in [-0.05, 0) is 62.5 Å². The van der Waals surface area contributed by atoms with Gasteiger partial charge in [0.05, 0.1) is 11.3 Å². The summed E-state index contributed by atoms with van der Waals surface area (Å²) in [5.74, 6) is 1.66. The zero-order chi connectivity index (χ0) is 17.9. The van der Waals surface area contributed by atoms with Crippen LogP contribution >= 0.6 is 11.8 Å². The fourth-order valence-corrected chi connectivity index (χ4v) is 5.28. The van der Waals surface area contributed by atoms with Crippen molar-refractivity contribution in [3.63, 3.8) is 0 Å². The van der Waals surface area contributed by atoms with E-state index < -0.39 is 0 Å². The zero-order valence-corrected chi connectivity index (χ0v) is 16.1. The van der Waals surface area contributed by atoms with Gasteiger partial charge in [-0.15, -0.1) is 0 Å². The number of amides is 1. The Morgan fingerprint density at radius 3 is 2.35 bits per heavy atom. The number of carbonyl (C=O) groups is 1. The van der Waals surface area contributed by atoms with Crippen molar-refractivity contribution in [3.8, 4) is 6.07 Å². The quantitative estimate of drug-likeness (QED) is 0.762. The van der Waals surface area contributed by atoms with Crippen molar-refractivity contribution >= 4 is 23.5 Å². The van der Waals surface area contributed by atoms with Crippen molar-refractivity contribution in [1.82, 2.24) is 9.88 Å². The number of anilines is 1. The number of carbonyl (C=O) groups excluding carboxylic acids is 1. The molecule has 26 heavy (non-hydrogen) atoms. The minimum atomic E-state index is 0.179. The van der Waals surface area contributed by atoms with E-state index in [1.165, 1.54) is 42.2 Å². The van der Waals surface area contributed by atoms with Gasteiger partial charge >= 0.3 is 0 Å². The van der Waals surface area contributed by atoms with E-state index in [9.17, 15) is 10.1 Å². The molecule has 1 aromatic rings. The van der Waals surface area contributed by atoms with Gasteiger partial charge in [0.25, 0.3) is 0 Å². The van der Waals surface area contributed by atoms with E-state index in [2.05, 4.69) is 11.0 Å². The molecule has 0 unspecified atom stereocenters. The Labute approximate surface area is 159 Å². The fourth-order valence-electron chi connectivity index (χ4n) is 4.37. The van der Waals surface area contributed by atoms with Crippen molar-refractivity contribution in [1.29, 1.82) is 5.26 Å². The van der Waals surface area contributed by atoms with Crippen molar-refractivity contribution < 1.29 is 4.79 Å². The van der Waals surface area contributed by atoms with E-state index in [1.807, 2.05) is 4.90 Å². The summed E-state index contributed by atoms with van der Waals surface area (Å²) in [7, 11) is 0. The number of aromatic nitrogens is 1. The third-order valence-corrected chi connectivity index (χ3v) is 6.73. The molecule has 0 N–H and O–H groups in total. The summed E-state index contributed by atoms with van der Waals surface area (Å²) in [6.07, 6.45) is 8.96. The van der Waals surface area contributed by atoms with Gasteiger partial charge in [-0.1, -0.05) is 11.8 Å². The molecule has 0 radical (unpaired) electrons. The second-order valence-electron chi connectivity index (χ2n) is 7.46. The fraction of sp³-hybridized carbons (Fsp3) is 0.650. The first kappa shape index (κ1) is 17.7. The van der Waals surface area contributed by atoms with Crippen LogP contribution in [0.1, 0.15) is 55.2 Å². The Balaban J connectivity index is 1.63. The molecule has 6 heteroatoms. The number of nitriles is 1. The summed E-state index contributed by atoms with van der Waals surface area (Å²) in [5.41, 5.74) is 3.22. The number of fused-ring (bicyclic) bond motifs is 1. The van der Waals surface area contributed by atoms with Crippen LogP contribution in [0.15, 0.2) is 5.03 Å². The molecule has 138 valence electrons. The van der Waals surface area contributed by atoms with E-state index in [4.69, 9.17) is 4.98 Å². The van der Waals surface area contributed by atoms with Gasteiger partial charge in [0, 0.05) is 26.2 Å². The summed E-state index contributed by atoms with van der Waals surface area (Å²) in [6.45, 7) is 3.87. The molecule has 1 amide bonds. The van der Waals surface area contributed by atoms with Crippen LogP contribution in [0.3, 0.4) is 0 Å². The summed E-state index contributed by atoms with van der Waals surface area (Å²) in [4.78, 5) is 21.7. The van der Waals surface area contributed by atoms with Gasteiger partial charge in [-0.3, -0.25) is 4.79 Å². The number of thioether (sulfide) groups is 1. The maximum absolute atomic E-state index is 12.4. The minimum Gasteiger partial charge on any atom is -0.356 e. The predicted molar refractivity (Wildman–Crippen MR) is 104 cm³/mol. The summed E-state index contributed by atoms with van der Waals surface area (Å²) >= 11 is 1.46. The molecule has 1 aromatic heterocycles. The third-order valence-electron chi connectivity index (χ3n) is 5.77. The molecule has 0 atom stereocenters. The maximum Gasteiger partial charge on any atom is 0.232 e. The molecule has 1 aliphatic carbocycles. The molecule has 2 aliphatic heterocycles. The molecule has 5 nitrogen and oxygen atoms in total. The number of likely N-dealkylation sites (tertiary alicyclic amines) is 1. The highest BCUT2D eigenvalue weighted by molar-refractivity contribution is 8.00. The van der Waals surface area contributed by atoms with E-state index in [0.29, 0.717) is 5.75 Å². The Bertz CT molecular complexity index is 730.